The Morgan fingerprint density at radius 1 is 1.17 bits per heavy atom. The first kappa shape index (κ1) is 15.2. The average Bonchev–Trinajstić information content (AvgIpc) is 2.28. The maximum atomic E-state index is 13.3. The Morgan fingerprint density at radius 3 is 2.39 bits per heavy atom. The smallest absolute Gasteiger partial charge is 0.123 e. The third-order valence-electron chi connectivity index (χ3n) is 3.52. The molecule has 0 fully saturated rings. The van der Waals surface area contributed by atoms with Gasteiger partial charge in [0.1, 0.15) is 5.82 Å². The summed E-state index contributed by atoms with van der Waals surface area (Å²) in [5, 5.41) is 3.49. The summed E-state index contributed by atoms with van der Waals surface area (Å²) >= 11 is 0. The number of benzene rings is 1. The van der Waals surface area contributed by atoms with Crippen molar-refractivity contribution in [3.05, 3.63) is 35.1 Å². The van der Waals surface area contributed by atoms with Crippen LogP contribution in [-0.2, 0) is 6.42 Å². The van der Waals surface area contributed by atoms with Gasteiger partial charge < -0.3 is 5.32 Å². The quantitative estimate of drug-likeness (QED) is 0.807. The van der Waals surface area contributed by atoms with Crippen LogP contribution in [0.2, 0.25) is 0 Å². The van der Waals surface area contributed by atoms with Crippen molar-refractivity contribution in [3.63, 3.8) is 0 Å². The largest absolute Gasteiger partial charge is 0.314 e. The predicted molar refractivity (Wildman–Crippen MR) is 76.3 cm³/mol. The fourth-order valence-corrected chi connectivity index (χ4v) is 2.07. The van der Waals surface area contributed by atoms with Crippen LogP contribution < -0.4 is 5.32 Å². The first-order chi connectivity index (χ1) is 8.40. The zero-order valence-corrected chi connectivity index (χ0v) is 12.3. The van der Waals surface area contributed by atoms with Crippen LogP contribution in [0, 0.1) is 24.6 Å². The molecule has 1 rings (SSSR count). The molecule has 0 saturated carbocycles. The van der Waals surface area contributed by atoms with Gasteiger partial charge in [-0.05, 0) is 55.0 Å². The van der Waals surface area contributed by atoms with Crippen molar-refractivity contribution in [1.29, 1.82) is 0 Å². The molecule has 0 saturated heterocycles. The lowest BCUT2D eigenvalue weighted by molar-refractivity contribution is 0.348. The van der Waals surface area contributed by atoms with Gasteiger partial charge in [-0.3, -0.25) is 0 Å². The molecule has 1 nitrogen and oxygen atoms in total. The number of nitrogens with one attached hydrogen (secondary N) is 1. The van der Waals surface area contributed by atoms with Gasteiger partial charge in [0, 0.05) is 6.04 Å². The Kier molecular flexibility index (Phi) is 5.80. The highest BCUT2D eigenvalue weighted by Crippen LogP contribution is 2.20. The summed E-state index contributed by atoms with van der Waals surface area (Å²) < 4.78 is 13.3. The van der Waals surface area contributed by atoms with Gasteiger partial charge in [-0.2, -0.15) is 0 Å². The third-order valence-corrected chi connectivity index (χ3v) is 3.52. The Hall–Kier alpha value is -0.890. The molecule has 0 aliphatic rings. The van der Waals surface area contributed by atoms with Crippen LogP contribution in [0.15, 0.2) is 18.2 Å². The Labute approximate surface area is 111 Å². The SMILES string of the molecule is Cc1ccc(F)cc1CC(CNC(C)C)C(C)C. The summed E-state index contributed by atoms with van der Waals surface area (Å²) in [5.74, 6) is 1.02. The summed E-state index contributed by atoms with van der Waals surface area (Å²) in [6, 6.07) is 5.59. The maximum absolute atomic E-state index is 13.3. The van der Waals surface area contributed by atoms with Crippen molar-refractivity contribution < 1.29 is 4.39 Å². The van der Waals surface area contributed by atoms with Gasteiger partial charge in [0.15, 0.2) is 0 Å². The fraction of sp³-hybridized carbons (Fsp3) is 0.625. The Bertz CT molecular complexity index is 371. The fourth-order valence-electron chi connectivity index (χ4n) is 2.07. The number of aryl methyl sites for hydroxylation is 1. The molecular weight excluding hydrogens is 225 g/mol. The molecule has 1 atom stereocenters. The molecule has 2 heteroatoms. The molecule has 1 aromatic rings. The zero-order valence-electron chi connectivity index (χ0n) is 12.3. The van der Waals surface area contributed by atoms with Crippen molar-refractivity contribution in [3.8, 4) is 0 Å². The summed E-state index contributed by atoms with van der Waals surface area (Å²) in [5.41, 5.74) is 2.32. The zero-order chi connectivity index (χ0) is 13.7. The van der Waals surface area contributed by atoms with Crippen molar-refractivity contribution in [2.24, 2.45) is 11.8 Å². The number of halogens is 1. The highest BCUT2D eigenvalue weighted by atomic mass is 19.1. The Morgan fingerprint density at radius 2 is 1.83 bits per heavy atom. The predicted octanol–water partition coefficient (Wildman–Crippen LogP) is 3.95. The summed E-state index contributed by atoms with van der Waals surface area (Å²) in [7, 11) is 0. The van der Waals surface area contributed by atoms with Gasteiger partial charge in [-0.15, -0.1) is 0 Å². The van der Waals surface area contributed by atoms with E-state index in [1.54, 1.807) is 6.07 Å². The molecule has 0 amide bonds. The van der Waals surface area contributed by atoms with E-state index in [0.717, 1.165) is 18.5 Å². The minimum Gasteiger partial charge on any atom is -0.314 e. The highest BCUT2D eigenvalue weighted by Gasteiger charge is 2.15. The molecule has 0 radical (unpaired) electrons. The van der Waals surface area contributed by atoms with Gasteiger partial charge in [0.05, 0.1) is 0 Å². The number of hydrogen-bond acceptors (Lipinski definition) is 1. The number of rotatable bonds is 6. The van der Waals surface area contributed by atoms with E-state index >= 15 is 0 Å². The van der Waals surface area contributed by atoms with E-state index < -0.39 is 0 Å². The van der Waals surface area contributed by atoms with Crippen LogP contribution in [0.25, 0.3) is 0 Å². The standard InChI is InChI=1S/C16H26FN/c1-11(2)15(10-18-12(3)4)8-14-9-16(17)7-6-13(14)5/h6-7,9,11-12,15,18H,8,10H2,1-5H3. The van der Waals surface area contributed by atoms with E-state index in [1.165, 1.54) is 11.6 Å². The number of hydrogen-bond donors (Lipinski definition) is 1. The van der Waals surface area contributed by atoms with Gasteiger partial charge in [-0.1, -0.05) is 33.8 Å². The highest BCUT2D eigenvalue weighted by molar-refractivity contribution is 5.27. The average molecular weight is 251 g/mol. The van der Waals surface area contributed by atoms with Gasteiger partial charge in [0.2, 0.25) is 0 Å². The normalized spacial score (nSPS) is 13.3. The molecule has 1 N–H and O–H groups in total. The molecule has 0 heterocycles. The summed E-state index contributed by atoms with van der Waals surface area (Å²) in [6.45, 7) is 11.8. The first-order valence-corrected chi connectivity index (χ1v) is 6.88. The molecule has 1 unspecified atom stereocenters. The molecule has 102 valence electrons. The van der Waals surface area contributed by atoms with E-state index in [-0.39, 0.29) is 5.82 Å². The monoisotopic (exact) mass is 251 g/mol. The van der Waals surface area contributed by atoms with Gasteiger partial charge in [-0.25, -0.2) is 4.39 Å². The molecule has 0 aromatic heterocycles. The van der Waals surface area contributed by atoms with E-state index in [1.807, 2.05) is 6.07 Å². The van der Waals surface area contributed by atoms with Crippen molar-refractivity contribution >= 4 is 0 Å². The second kappa shape index (κ2) is 6.89. The summed E-state index contributed by atoms with van der Waals surface area (Å²) in [6.07, 6.45) is 0.945. The van der Waals surface area contributed by atoms with E-state index in [0.29, 0.717) is 17.9 Å². The maximum Gasteiger partial charge on any atom is 0.123 e. The Balaban J connectivity index is 2.73. The molecule has 1 aromatic carbocycles. The van der Waals surface area contributed by atoms with Crippen LogP contribution in [-0.4, -0.2) is 12.6 Å². The second-order valence-corrected chi connectivity index (χ2v) is 5.84. The van der Waals surface area contributed by atoms with E-state index in [9.17, 15) is 4.39 Å². The first-order valence-electron chi connectivity index (χ1n) is 6.88. The lowest BCUT2D eigenvalue weighted by atomic mass is 9.87. The van der Waals surface area contributed by atoms with Crippen molar-refractivity contribution in [2.45, 2.75) is 47.1 Å². The van der Waals surface area contributed by atoms with Gasteiger partial charge in [0.25, 0.3) is 0 Å². The van der Waals surface area contributed by atoms with Crippen molar-refractivity contribution in [2.75, 3.05) is 6.54 Å². The lowest BCUT2D eigenvalue weighted by Crippen LogP contribution is -2.32. The van der Waals surface area contributed by atoms with Crippen LogP contribution >= 0.6 is 0 Å². The van der Waals surface area contributed by atoms with Crippen LogP contribution in [0.5, 0.6) is 0 Å². The molecular formula is C16H26FN. The minimum absolute atomic E-state index is 0.130. The topological polar surface area (TPSA) is 12.0 Å². The van der Waals surface area contributed by atoms with Crippen LogP contribution in [0.3, 0.4) is 0 Å². The minimum atomic E-state index is -0.130. The van der Waals surface area contributed by atoms with Gasteiger partial charge >= 0.3 is 0 Å². The van der Waals surface area contributed by atoms with Crippen LogP contribution in [0.4, 0.5) is 4.39 Å². The van der Waals surface area contributed by atoms with E-state index in [2.05, 4.69) is 39.9 Å². The van der Waals surface area contributed by atoms with Crippen LogP contribution in [0.1, 0.15) is 38.8 Å². The molecule has 0 aliphatic carbocycles. The summed E-state index contributed by atoms with van der Waals surface area (Å²) in [4.78, 5) is 0. The molecule has 0 bridgehead atoms. The second-order valence-electron chi connectivity index (χ2n) is 5.84. The molecule has 0 spiro atoms. The molecule has 0 aliphatic heterocycles. The third kappa shape index (κ3) is 4.77. The van der Waals surface area contributed by atoms with Crippen molar-refractivity contribution in [1.82, 2.24) is 5.32 Å². The lowest BCUT2D eigenvalue weighted by Gasteiger charge is -2.23. The van der Waals surface area contributed by atoms with E-state index in [4.69, 9.17) is 0 Å². The molecule has 18 heavy (non-hydrogen) atoms.